The minimum Gasteiger partial charge on any atom is -0.872 e. The molecular weight excluding hydrogens is 374 g/mol. The molecule has 0 N–H and O–H groups in total. The molecule has 0 heterocycles. The summed E-state index contributed by atoms with van der Waals surface area (Å²) in [6, 6.07) is 24.6. The minimum absolute atomic E-state index is 0. The summed E-state index contributed by atoms with van der Waals surface area (Å²) in [4.78, 5) is 4.44. The summed E-state index contributed by atoms with van der Waals surface area (Å²) in [5.74, 6) is -0.102. The molecule has 0 fully saturated rings. The quantitative estimate of drug-likeness (QED) is 0.495. The average molecular weight is 393 g/mol. The zero-order valence-corrected chi connectivity index (χ0v) is 15.2. The van der Waals surface area contributed by atoms with Crippen LogP contribution in [0.4, 0.5) is 0 Å². The molecule has 3 nitrogen and oxygen atoms in total. The summed E-state index contributed by atoms with van der Waals surface area (Å²) in [5, 5.41) is 25.8. The Balaban J connectivity index is 0.00000243. The Kier molecular flexibility index (Phi) is 6.76. The molecule has 0 aliphatic rings. The van der Waals surface area contributed by atoms with Gasteiger partial charge in [0.05, 0.1) is 0 Å². The van der Waals surface area contributed by atoms with Gasteiger partial charge in [-0.25, -0.2) is 0 Å². The molecule has 1 atom stereocenters. The Labute approximate surface area is 164 Å². The summed E-state index contributed by atoms with van der Waals surface area (Å²) in [6.07, 6.45) is 1.51. The van der Waals surface area contributed by atoms with Crippen LogP contribution in [0, 0.1) is 0 Å². The molecule has 0 aromatic heterocycles. The second-order valence-corrected chi connectivity index (χ2v) is 5.96. The number of para-hydroxylation sites is 1. The van der Waals surface area contributed by atoms with Gasteiger partial charge in [-0.3, -0.25) is 4.99 Å². The van der Waals surface area contributed by atoms with Crippen molar-refractivity contribution in [2.75, 3.05) is 0 Å². The zero-order chi connectivity index (χ0) is 17.7. The number of benzene rings is 3. The number of nitrogens with zero attached hydrogens (tertiary/aromatic N) is 1. The molecule has 1 radical (unpaired) electrons. The largest absolute Gasteiger partial charge is 2.00 e. The molecule has 0 aliphatic carbocycles. The van der Waals surface area contributed by atoms with Crippen LogP contribution < -0.4 is 10.2 Å². The van der Waals surface area contributed by atoms with E-state index in [4.69, 9.17) is 0 Å². The van der Waals surface area contributed by atoms with E-state index >= 15 is 0 Å². The molecule has 0 bridgehead atoms. The Morgan fingerprint density at radius 3 is 1.77 bits per heavy atom. The average Bonchev–Trinajstić information content (AvgIpc) is 2.68. The van der Waals surface area contributed by atoms with E-state index in [-0.39, 0.29) is 22.8 Å². The van der Waals surface area contributed by atoms with Gasteiger partial charge < -0.3 is 10.2 Å². The van der Waals surface area contributed by atoms with Gasteiger partial charge >= 0.3 is 17.1 Å². The van der Waals surface area contributed by atoms with E-state index in [9.17, 15) is 10.2 Å². The van der Waals surface area contributed by atoms with Gasteiger partial charge in [0, 0.05) is 12.3 Å². The Bertz CT molecular complexity index is 811. The summed E-state index contributed by atoms with van der Waals surface area (Å²) < 4.78 is 0. The third kappa shape index (κ3) is 4.05. The van der Waals surface area contributed by atoms with Gasteiger partial charge in [-0.1, -0.05) is 96.1 Å². The van der Waals surface area contributed by atoms with E-state index in [1.165, 1.54) is 12.3 Å². The van der Waals surface area contributed by atoms with E-state index in [1.807, 2.05) is 60.7 Å². The van der Waals surface area contributed by atoms with Crippen molar-refractivity contribution in [2.24, 2.45) is 4.99 Å². The normalized spacial score (nSPS) is 12.5. The van der Waals surface area contributed by atoms with Crippen LogP contribution in [0.25, 0.3) is 0 Å². The minimum atomic E-state index is -1.53. The number of hydrogen-bond acceptors (Lipinski definition) is 3. The van der Waals surface area contributed by atoms with Crippen molar-refractivity contribution < 1.29 is 27.3 Å². The number of aliphatic imine (C=N–C) groups is 1. The van der Waals surface area contributed by atoms with Gasteiger partial charge in [0.1, 0.15) is 0 Å². The molecule has 26 heavy (non-hydrogen) atoms. The maximum atomic E-state index is 13.9. The summed E-state index contributed by atoms with van der Waals surface area (Å²) in [6.45, 7) is 1.79. The van der Waals surface area contributed by atoms with Crippen molar-refractivity contribution in [3.05, 3.63) is 102 Å². The molecule has 135 valence electrons. The molecule has 0 aliphatic heterocycles. The second kappa shape index (κ2) is 8.81. The van der Waals surface area contributed by atoms with E-state index in [0.717, 1.165) is 0 Å². The third-order valence-electron chi connectivity index (χ3n) is 4.35. The predicted molar refractivity (Wildman–Crippen MR) is 96.6 cm³/mol. The van der Waals surface area contributed by atoms with Crippen molar-refractivity contribution in [1.29, 1.82) is 0 Å². The Morgan fingerprint density at radius 1 is 0.808 bits per heavy atom. The monoisotopic (exact) mass is 392 g/mol. The Hall–Kier alpha value is -2.39. The second-order valence-electron chi connectivity index (χ2n) is 5.96. The molecule has 0 saturated carbocycles. The molecule has 3 aromatic carbocycles. The van der Waals surface area contributed by atoms with E-state index in [2.05, 4.69) is 4.99 Å². The first-order valence-corrected chi connectivity index (χ1v) is 8.23. The SMILES string of the molecule is C[C@@H](N=Cc1ccccc1[O-])C([O-])(c1ccccc1)c1ccccc1.[Cu+2]. The first kappa shape index (κ1) is 19.9. The van der Waals surface area contributed by atoms with Crippen LogP contribution in [0.5, 0.6) is 5.75 Å². The molecular formula is C22H19CuNO2. The van der Waals surface area contributed by atoms with Gasteiger partial charge in [0.25, 0.3) is 0 Å². The van der Waals surface area contributed by atoms with Crippen molar-refractivity contribution >= 4 is 6.21 Å². The van der Waals surface area contributed by atoms with Gasteiger partial charge in [0.2, 0.25) is 0 Å². The molecule has 4 heteroatoms. The van der Waals surface area contributed by atoms with E-state index in [1.54, 1.807) is 25.1 Å². The molecule has 3 aromatic rings. The number of hydrogen-bond donors (Lipinski definition) is 0. The van der Waals surface area contributed by atoms with Crippen LogP contribution in [0.3, 0.4) is 0 Å². The van der Waals surface area contributed by atoms with Crippen LogP contribution in [0.1, 0.15) is 23.6 Å². The summed E-state index contributed by atoms with van der Waals surface area (Å²) in [7, 11) is 0. The van der Waals surface area contributed by atoms with Gasteiger partial charge in [-0.15, -0.1) is 5.75 Å². The fraction of sp³-hybridized carbons (Fsp3) is 0.136. The van der Waals surface area contributed by atoms with Crippen LogP contribution in [0.15, 0.2) is 89.9 Å². The van der Waals surface area contributed by atoms with Gasteiger partial charge in [-0.05, 0) is 18.1 Å². The fourth-order valence-corrected chi connectivity index (χ4v) is 2.90. The van der Waals surface area contributed by atoms with Gasteiger partial charge in [0.15, 0.2) is 0 Å². The predicted octanol–water partition coefficient (Wildman–Crippen LogP) is 2.87. The van der Waals surface area contributed by atoms with Crippen molar-refractivity contribution in [3.8, 4) is 5.75 Å². The third-order valence-corrected chi connectivity index (χ3v) is 4.35. The topological polar surface area (TPSA) is 58.5 Å². The summed E-state index contributed by atoms with van der Waals surface area (Å²) in [5.41, 5.74) is 0.261. The van der Waals surface area contributed by atoms with Gasteiger partial charge in [-0.2, -0.15) is 0 Å². The van der Waals surface area contributed by atoms with Crippen molar-refractivity contribution in [2.45, 2.75) is 18.6 Å². The first-order chi connectivity index (χ1) is 12.1. The fourth-order valence-electron chi connectivity index (χ4n) is 2.90. The first-order valence-electron chi connectivity index (χ1n) is 8.23. The van der Waals surface area contributed by atoms with E-state index < -0.39 is 11.6 Å². The number of rotatable bonds is 5. The van der Waals surface area contributed by atoms with E-state index in [0.29, 0.717) is 16.7 Å². The molecule has 0 spiro atoms. The molecule has 3 rings (SSSR count). The van der Waals surface area contributed by atoms with Crippen LogP contribution in [-0.2, 0) is 22.7 Å². The molecule has 0 unspecified atom stereocenters. The van der Waals surface area contributed by atoms with Crippen molar-refractivity contribution in [3.63, 3.8) is 0 Å². The molecule has 0 amide bonds. The zero-order valence-electron chi connectivity index (χ0n) is 14.3. The van der Waals surface area contributed by atoms with Crippen LogP contribution in [0.2, 0.25) is 0 Å². The van der Waals surface area contributed by atoms with Crippen LogP contribution >= 0.6 is 0 Å². The standard InChI is InChI=1S/C22H20NO2.Cu/c1-17(23-16-18-10-8-9-15-21(18)24)22(25,19-11-4-2-5-12-19)20-13-6-3-7-14-20;/h2-17,24H,1H3;/q-1;+2/p-1/t17-;/m1./s1. The molecule has 0 saturated heterocycles. The summed E-state index contributed by atoms with van der Waals surface area (Å²) >= 11 is 0. The Morgan fingerprint density at radius 2 is 1.27 bits per heavy atom. The smallest absolute Gasteiger partial charge is 0.872 e. The van der Waals surface area contributed by atoms with Crippen molar-refractivity contribution in [1.82, 2.24) is 0 Å². The maximum absolute atomic E-state index is 13.9. The maximum Gasteiger partial charge on any atom is 2.00 e. The van der Waals surface area contributed by atoms with Crippen LogP contribution in [-0.4, -0.2) is 12.3 Å².